The molecule has 4 nitrogen and oxygen atoms in total. The Hall–Kier alpha value is -1.69. The van der Waals surface area contributed by atoms with E-state index in [4.69, 9.17) is 5.84 Å². The molecular weight excluding hydrogens is 268 g/mol. The Morgan fingerprint density at radius 3 is 2.90 bits per heavy atom. The highest BCUT2D eigenvalue weighted by Gasteiger charge is 2.14. The molecule has 0 saturated carbocycles. The minimum absolute atomic E-state index is 0.183. The molecule has 3 N–H and O–H groups in total. The number of rotatable bonds is 5. The van der Waals surface area contributed by atoms with Gasteiger partial charge in [0.1, 0.15) is 0 Å². The molecule has 0 bridgehead atoms. The van der Waals surface area contributed by atoms with Gasteiger partial charge in [0.2, 0.25) is 0 Å². The zero-order valence-electron chi connectivity index (χ0n) is 11.4. The summed E-state index contributed by atoms with van der Waals surface area (Å²) in [6.45, 7) is 0. The standard InChI is InChI=1S/C15H18N4S/c1-19-12(8-9-17-19)6-7-13(18-16)15-10-11-4-2-3-5-14(11)20-15/h2-5,8-10,13,18H,6-7,16H2,1H3. The topological polar surface area (TPSA) is 55.9 Å². The Balaban J connectivity index is 1.77. The highest BCUT2D eigenvalue weighted by molar-refractivity contribution is 7.19. The van der Waals surface area contributed by atoms with Gasteiger partial charge in [0, 0.05) is 28.5 Å². The van der Waals surface area contributed by atoms with Crippen molar-refractivity contribution in [2.24, 2.45) is 12.9 Å². The number of aromatic nitrogens is 2. The largest absolute Gasteiger partial charge is 0.273 e. The van der Waals surface area contributed by atoms with Crippen molar-refractivity contribution in [3.8, 4) is 0 Å². The van der Waals surface area contributed by atoms with Gasteiger partial charge in [-0.3, -0.25) is 16.0 Å². The molecule has 3 aromatic rings. The minimum atomic E-state index is 0.183. The predicted molar refractivity (Wildman–Crippen MR) is 83.4 cm³/mol. The molecule has 5 heteroatoms. The van der Waals surface area contributed by atoms with E-state index in [-0.39, 0.29) is 6.04 Å². The fourth-order valence-electron chi connectivity index (χ4n) is 2.42. The molecule has 1 unspecified atom stereocenters. The Bertz CT molecular complexity index is 668. The van der Waals surface area contributed by atoms with Crippen LogP contribution in [0.2, 0.25) is 0 Å². The lowest BCUT2D eigenvalue weighted by atomic mass is 10.1. The van der Waals surface area contributed by atoms with Crippen molar-refractivity contribution in [1.29, 1.82) is 0 Å². The first-order valence-electron chi connectivity index (χ1n) is 6.69. The highest BCUT2D eigenvalue weighted by atomic mass is 32.1. The van der Waals surface area contributed by atoms with E-state index in [1.54, 1.807) is 11.3 Å². The van der Waals surface area contributed by atoms with Crippen LogP contribution in [0.4, 0.5) is 0 Å². The second kappa shape index (κ2) is 5.75. The number of nitrogens with two attached hydrogens (primary N) is 1. The first kappa shape index (κ1) is 13.3. The summed E-state index contributed by atoms with van der Waals surface area (Å²) in [5.74, 6) is 5.74. The SMILES string of the molecule is Cn1nccc1CCC(NN)c1cc2ccccc2s1. The molecule has 0 amide bonds. The van der Waals surface area contributed by atoms with Crippen LogP contribution in [0.25, 0.3) is 10.1 Å². The lowest BCUT2D eigenvalue weighted by molar-refractivity contribution is 0.514. The van der Waals surface area contributed by atoms with Gasteiger partial charge in [0.15, 0.2) is 0 Å². The van der Waals surface area contributed by atoms with Gasteiger partial charge in [-0.15, -0.1) is 11.3 Å². The van der Waals surface area contributed by atoms with E-state index in [1.165, 1.54) is 20.7 Å². The zero-order valence-corrected chi connectivity index (χ0v) is 12.2. The Morgan fingerprint density at radius 2 is 2.20 bits per heavy atom. The number of hydrogen-bond acceptors (Lipinski definition) is 4. The number of nitrogens with one attached hydrogen (secondary N) is 1. The molecule has 0 aliphatic carbocycles. The van der Waals surface area contributed by atoms with Crippen LogP contribution in [0.5, 0.6) is 0 Å². The van der Waals surface area contributed by atoms with E-state index in [2.05, 4.69) is 46.9 Å². The summed E-state index contributed by atoms with van der Waals surface area (Å²) in [5.41, 5.74) is 4.17. The van der Waals surface area contributed by atoms with Crippen molar-refractivity contribution < 1.29 is 0 Å². The molecule has 3 rings (SSSR count). The zero-order chi connectivity index (χ0) is 13.9. The monoisotopic (exact) mass is 286 g/mol. The Labute approximate surface area is 122 Å². The smallest absolute Gasteiger partial charge is 0.0557 e. The summed E-state index contributed by atoms with van der Waals surface area (Å²) >= 11 is 1.81. The quantitative estimate of drug-likeness (QED) is 0.560. The molecule has 0 spiro atoms. The fourth-order valence-corrected chi connectivity index (χ4v) is 3.58. The van der Waals surface area contributed by atoms with Crippen LogP contribution in [0.15, 0.2) is 42.6 Å². The van der Waals surface area contributed by atoms with Crippen molar-refractivity contribution in [2.75, 3.05) is 0 Å². The number of aryl methyl sites for hydroxylation is 2. The second-order valence-corrected chi connectivity index (χ2v) is 6.01. The lowest BCUT2D eigenvalue weighted by Crippen LogP contribution is -2.27. The van der Waals surface area contributed by atoms with Gasteiger partial charge in [0.25, 0.3) is 0 Å². The molecule has 1 aromatic carbocycles. The van der Waals surface area contributed by atoms with E-state index in [0.717, 1.165) is 12.8 Å². The molecule has 0 radical (unpaired) electrons. The summed E-state index contributed by atoms with van der Waals surface area (Å²) in [6, 6.07) is 12.9. The molecule has 20 heavy (non-hydrogen) atoms. The van der Waals surface area contributed by atoms with Gasteiger partial charge in [-0.2, -0.15) is 5.10 Å². The summed E-state index contributed by atoms with van der Waals surface area (Å²) in [6.07, 6.45) is 3.75. The van der Waals surface area contributed by atoms with Crippen molar-refractivity contribution in [1.82, 2.24) is 15.2 Å². The second-order valence-electron chi connectivity index (χ2n) is 4.89. The Kier molecular flexibility index (Phi) is 3.82. The van der Waals surface area contributed by atoms with Gasteiger partial charge in [0.05, 0.1) is 6.04 Å². The molecule has 0 aliphatic rings. The molecule has 0 fully saturated rings. The average Bonchev–Trinajstić information content (AvgIpc) is 3.06. The summed E-state index contributed by atoms with van der Waals surface area (Å²) in [7, 11) is 1.97. The van der Waals surface area contributed by atoms with Crippen LogP contribution >= 0.6 is 11.3 Å². The third kappa shape index (κ3) is 2.60. The van der Waals surface area contributed by atoms with Crippen LogP contribution in [-0.4, -0.2) is 9.78 Å². The molecule has 0 saturated heterocycles. The van der Waals surface area contributed by atoms with Gasteiger partial charge in [-0.1, -0.05) is 18.2 Å². The van der Waals surface area contributed by atoms with Crippen molar-refractivity contribution in [3.05, 3.63) is 53.2 Å². The third-order valence-electron chi connectivity index (χ3n) is 3.60. The molecule has 104 valence electrons. The lowest BCUT2D eigenvalue weighted by Gasteiger charge is -2.13. The molecule has 0 aliphatic heterocycles. The minimum Gasteiger partial charge on any atom is -0.273 e. The molecule has 2 aromatic heterocycles. The van der Waals surface area contributed by atoms with Gasteiger partial charge < -0.3 is 0 Å². The number of thiophene rings is 1. The van der Waals surface area contributed by atoms with Gasteiger partial charge in [-0.25, -0.2) is 0 Å². The van der Waals surface area contributed by atoms with Crippen LogP contribution < -0.4 is 11.3 Å². The fraction of sp³-hybridized carbons (Fsp3) is 0.267. The van der Waals surface area contributed by atoms with E-state index in [1.807, 2.05) is 17.9 Å². The highest BCUT2D eigenvalue weighted by Crippen LogP contribution is 2.31. The summed E-state index contributed by atoms with van der Waals surface area (Å²) in [5, 5.41) is 5.48. The number of benzene rings is 1. The maximum atomic E-state index is 5.74. The van der Waals surface area contributed by atoms with E-state index >= 15 is 0 Å². The van der Waals surface area contributed by atoms with E-state index < -0.39 is 0 Å². The number of fused-ring (bicyclic) bond motifs is 1. The first-order chi connectivity index (χ1) is 9.78. The number of hydrogen-bond donors (Lipinski definition) is 2. The Morgan fingerprint density at radius 1 is 1.35 bits per heavy atom. The normalized spacial score (nSPS) is 12.9. The molecule has 2 heterocycles. The van der Waals surface area contributed by atoms with Crippen molar-refractivity contribution >= 4 is 21.4 Å². The maximum absolute atomic E-state index is 5.74. The van der Waals surface area contributed by atoms with E-state index in [9.17, 15) is 0 Å². The van der Waals surface area contributed by atoms with Gasteiger partial charge in [-0.05, 0) is 36.4 Å². The van der Waals surface area contributed by atoms with Crippen LogP contribution in [-0.2, 0) is 13.5 Å². The van der Waals surface area contributed by atoms with Crippen molar-refractivity contribution in [2.45, 2.75) is 18.9 Å². The first-order valence-corrected chi connectivity index (χ1v) is 7.51. The van der Waals surface area contributed by atoms with Gasteiger partial charge >= 0.3 is 0 Å². The third-order valence-corrected chi connectivity index (χ3v) is 4.83. The molecular formula is C15H18N4S. The number of hydrazine groups is 1. The van der Waals surface area contributed by atoms with Crippen LogP contribution in [0.3, 0.4) is 0 Å². The average molecular weight is 286 g/mol. The molecule has 1 atom stereocenters. The predicted octanol–water partition coefficient (Wildman–Crippen LogP) is 2.77. The van der Waals surface area contributed by atoms with Crippen molar-refractivity contribution in [3.63, 3.8) is 0 Å². The maximum Gasteiger partial charge on any atom is 0.0557 e. The van der Waals surface area contributed by atoms with Crippen LogP contribution in [0, 0.1) is 0 Å². The summed E-state index contributed by atoms with van der Waals surface area (Å²) in [4.78, 5) is 1.29. The van der Waals surface area contributed by atoms with Crippen LogP contribution in [0.1, 0.15) is 23.0 Å². The van der Waals surface area contributed by atoms with E-state index in [0.29, 0.717) is 0 Å². The number of nitrogens with zero attached hydrogens (tertiary/aromatic N) is 2. The summed E-state index contributed by atoms with van der Waals surface area (Å²) < 4.78 is 3.22.